The first-order valence-electron chi connectivity index (χ1n) is 4.79. The van der Waals surface area contributed by atoms with Crippen LogP contribution < -0.4 is 0 Å². The molecule has 0 spiro atoms. The highest BCUT2D eigenvalue weighted by Gasteiger charge is 2.39. The Balaban J connectivity index is 2.56. The third-order valence-corrected chi connectivity index (χ3v) is 2.49. The van der Waals surface area contributed by atoms with Crippen LogP contribution in [-0.2, 0) is 9.53 Å². The van der Waals surface area contributed by atoms with Crippen LogP contribution in [0.25, 0.3) is 0 Å². The Kier molecular flexibility index (Phi) is 3.66. The number of esters is 1. The van der Waals surface area contributed by atoms with Crippen molar-refractivity contribution < 1.29 is 19.7 Å². The van der Waals surface area contributed by atoms with E-state index in [1.807, 2.05) is 0 Å². The molecule has 2 atom stereocenters. The number of carbonyl (C=O) groups is 1. The van der Waals surface area contributed by atoms with Gasteiger partial charge in [-0.1, -0.05) is 12.2 Å². The number of allylic oxidation sites excluding steroid dienone is 1. The number of aliphatic hydroxyl groups is 2. The Morgan fingerprint density at radius 2 is 2.43 bits per heavy atom. The molecule has 4 heteroatoms. The van der Waals surface area contributed by atoms with Gasteiger partial charge in [-0.25, -0.2) is 0 Å². The predicted octanol–water partition coefficient (Wildman–Crippen LogP) is 0.239. The average Bonchev–Trinajstić information content (AvgIpc) is 2.46. The normalized spacial score (nSPS) is 30.6. The summed E-state index contributed by atoms with van der Waals surface area (Å²) in [6.45, 7) is 1.90. The van der Waals surface area contributed by atoms with Gasteiger partial charge in [-0.2, -0.15) is 0 Å². The summed E-state index contributed by atoms with van der Waals surface area (Å²) >= 11 is 0. The number of hydrogen-bond acceptors (Lipinski definition) is 4. The van der Waals surface area contributed by atoms with E-state index < -0.39 is 11.6 Å². The standard InChI is InChI=1S/C10H16O4/c1-2-14-9(12)6-10(13)5-3-4-8(10)7-11/h3,5,8,11,13H,2,4,6-7H2,1H3/t8-,10+/m1/s1. The molecule has 0 heterocycles. The Hall–Kier alpha value is -0.870. The van der Waals surface area contributed by atoms with Crippen LogP contribution in [0.2, 0.25) is 0 Å². The van der Waals surface area contributed by atoms with Crippen molar-refractivity contribution in [3.63, 3.8) is 0 Å². The Labute approximate surface area is 83.2 Å². The highest BCUT2D eigenvalue weighted by Crippen LogP contribution is 2.32. The van der Waals surface area contributed by atoms with Crippen LogP contribution >= 0.6 is 0 Å². The van der Waals surface area contributed by atoms with E-state index >= 15 is 0 Å². The van der Waals surface area contributed by atoms with Crippen molar-refractivity contribution in [1.29, 1.82) is 0 Å². The van der Waals surface area contributed by atoms with E-state index in [4.69, 9.17) is 9.84 Å². The number of rotatable bonds is 4. The van der Waals surface area contributed by atoms with Crippen LogP contribution in [0.15, 0.2) is 12.2 Å². The predicted molar refractivity (Wildman–Crippen MR) is 50.5 cm³/mol. The van der Waals surface area contributed by atoms with Gasteiger partial charge in [0, 0.05) is 12.5 Å². The van der Waals surface area contributed by atoms with Crippen molar-refractivity contribution in [2.24, 2.45) is 5.92 Å². The Bertz CT molecular complexity index is 236. The molecule has 0 aromatic heterocycles. The first-order chi connectivity index (χ1) is 6.62. The SMILES string of the molecule is CCOC(=O)C[C@@]1(O)C=CC[C@@H]1CO. The first kappa shape index (κ1) is 11.2. The van der Waals surface area contributed by atoms with E-state index in [9.17, 15) is 9.90 Å². The van der Waals surface area contributed by atoms with E-state index in [1.54, 1.807) is 19.1 Å². The molecule has 1 aliphatic rings. The first-order valence-corrected chi connectivity index (χ1v) is 4.79. The molecular formula is C10H16O4. The second-order valence-electron chi connectivity index (χ2n) is 3.49. The fraction of sp³-hybridized carbons (Fsp3) is 0.700. The van der Waals surface area contributed by atoms with Gasteiger partial charge >= 0.3 is 5.97 Å². The van der Waals surface area contributed by atoms with Gasteiger partial charge in [0.15, 0.2) is 0 Å². The highest BCUT2D eigenvalue weighted by molar-refractivity contribution is 5.71. The molecule has 4 nitrogen and oxygen atoms in total. The van der Waals surface area contributed by atoms with Crippen molar-refractivity contribution in [2.45, 2.75) is 25.4 Å². The van der Waals surface area contributed by atoms with Crippen LogP contribution in [0, 0.1) is 5.92 Å². The van der Waals surface area contributed by atoms with E-state index in [2.05, 4.69) is 0 Å². The van der Waals surface area contributed by atoms with E-state index in [1.165, 1.54) is 0 Å². The van der Waals surface area contributed by atoms with Crippen LogP contribution in [0.4, 0.5) is 0 Å². The lowest BCUT2D eigenvalue weighted by Crippen LogP contribution is -2.37. The van der Waals surface area contributed by atoms with E-state index in [-0.39, 0.29) is 18.9 Å². The van der Waals surface area contributed by atoms with Crippen LogP contribution in [0.1, 0.15) is 19.8 Å². The van der Waals surface area contributed by atoms with Crippen LogP contribution in [-0.4, -0.2) is 35.0 Å². The van der Waals surface area contributed by atoms with Crippen LogP contribution in [0.5, 0.6) is 0 Å². The Morgan fingerprint density at radius 1 is 1.71 bits per heavy atom. The number of aliphatic hydroxyl groups excluding tert-OH is 1. The quantitative estimate of drug-likeness (QED) is 0.504. The zero-order chi connectivity index (χ0) is 10.6. The van der Waals surface area contributed by atoms with Gasteiger partial charge in [-0.15, -0.1) is 0 Å². The summed E-state index contributed by atoms with van der Waals surface area (Å²) in [6, 6.07) is 0. The fourth-order valence-corrected chi connectivity index (χ4v) is 1.66. The summed E-state index contributed by atoms with van der Waals surface area (Å²) in [5.41, 5.74) is -1.22. The van der Waals surface area contributed by atoms with E-state index in [0.29, 0.717) is 13.0 Å². The molecule has 0 saturated carbocycles. The zero-order valence-corrected chi connectivity index (χ0v) is 8.27. The zero-order valence-electron chi connectivity index (χ0n) is 8.27. The summed E-state index contributed by atoms with van der Waals surface area (Å²) in [7, 11) is 0. The monoisotopic (exact) mass is 200 g/mol. The maximum absolute atomic E-state index is 11.2. The molecule has 0 bridgehead atoms. The molecule has 0 fully saturated rings. The molecule has 0 aromatic rings. The van der Waals surface area contributed by atoms with Crippen molar-refractivity contribution in [1.82, 2.24) is 0 Å². The second kappa shape index (κ2) is 4.57. The molecule has 14 heavy (non-hydrogen) atoms. The van der Waals surface area contributed by atoms with Gasteiger partial charge in [-0.3, -0.25) is 4.79 Å². The fourth-order valence-electron chi connectivity index (χ4n) is 1.66. The van der Waals surface area contributed by atoms with Crippen LogP contribution in [0.3, 0.4) is 0 Å². The lowest BCUT2D eigenvalue weighted by Gasteiger charge is -2.26. The van der Waals surface area contributed by atoms with Crippen molar-refractivity contribution >= 4 is 5.97 Å². The molecule has 1 aliphatic carbocycles. The molecule has 0 aliphatic heterocycles. The minimum absolute atomic E-state index is 0.0808. The van der Waals surface area contributed by atoms with Crippen molar-refractivity contribution in [3.8, 4) is 0 Å². The molecule has 0 amide bonds. The topological polar surface area (TPSA) is 66.8 Å². The lowest BCUT2D eigenvalue weighted by molar-refractivity contribution is -0.148. The smallest absolute Gasteiger partial charge is 0.309 e. The molecule has 2 N–H and O–H groups in total. The number of hydrogen-bond donors (Lipinski definition) is 2. The molecule has 1 rings (SSSR count). The Morgan fingerprint density at radius 3 is 3.00 bits per heavy atom. The van der Waals surface area contributed by atoms with Gasteiger partial charge in [-0.05, 0) is 13.3 Å². The van der Waals surface area contributed by atoms with Crippen molar-refractivity contribution in [2.75, 3.05) is 13.2 Å². The lowest BCUT2D eigenvalue weighted by atomic mass is 9.88. The number of ether oxygens (including phenoxy) is 1. The van der Waals surface area contributed by atoms with E-state index in [0.717, 1.165) is 0 Å². The maximum atomic E-state index is 11.2. The van der Waals surface area contributed by atoms with Gasteiger partial charge < -0.3 is 14.9 Å². The molecule has 0 unspecified atom stereocenters. The average molecular weight is 200 g/mol. The van der Waals surface area contributed by atoms with Gasteiger partial charge in [0.2, 0.25) is 0 Å². The van der Waals surface area contributed by atoms with Crippen molar-refractivity contribution in [3.05, 3.63) is 12.2 Å². The molecule has 0 radical (unpaired) electrons. The second-order valence-corrected chi connectivity index (χ2v) is 3.49. The summed E-state index contributed by atoms with van der Waals surface area (Å²) in [6.07, 6.45) is 3.87. The summed E-state index contributed by atoms with van der Waals surface area (Å²) in [5.74, 6) is -0.716. The van der Waals surface area contributed by atoms with Gasteiger partial charge in [0.05, 0.1) is 18.6 Å². The summed E-state index contributed by atoms with van der Waals surface area (Å²) < 4.78 is 4.75. The molecule has 0 aromatic carbocycles. The largest absolute Gasteiger partial charge is 0.466 e. The third-order valence-electron chi connectivity index (χ3n) is 2.49. The van der Waals surface area contributed by atoms with Gasteiger partial charge in [0.25, 0.3) is 0 Å². The maximum Gasteiger partial charge on any atom is 0.309 e. The summed E-state index contributed by atoms with van der Waals surface area (Å²) in [5, 5.41) is 19.0. The molecule has 80 valence electrons. The highest BCUT2D eigenvalue weighted by atomic mass is 16.5. The molecule has 0 saturated heterocycles. The third kappa shape index (κ3) is 2.33. The minimum Gasteiger partial charge on any atom is -0.466 e. The number of carbonyl (C=O) groups excluding carboxylic acids is 1. The molecular weight excluding hydrogens is 184 g/mol. The summed E-state index contributed by atoms with van der Waals surface area (Å²) in [4.78, 5) is 11.2. The van der Waals surface area contributed by atoms with Gasteiger partial charge in [0.1, 0.15) is 0 Å². The minimum atomic E-state index is -1.22.